The van der Waals surface area contributed by atoms with Crippen molar-refractivity contribution in [3.05, 3.63) is 53.7 Å². The number of nitrogens with zero attached hydrogens (tertiary/aromatic N) is 2. The van der Waals surface area contributed by atoms with Crippen LogP contribution in [0, 0.1) is 6.92 Å². The van der Waals surface area contributed by atoms with Crippen LogP contribution in [-0.4, -0.2) is 26.5 Å². The van der Waals surface area contributed by atoms with E-state index in [-0.39, 0.29) is 5.75 Å². The highest BCUT2D eigenvalue weighted by Gasteiger charge is 2.19. The molecule has 1 N–H and O–H groups in total. The summed E-state index contributed by atoms with van der Waals surface area (Å²) in [5, 5.41) is 0. The van der Waals surface area contributed by atoms with Gasteiger partial charge in [0.25, 0.3) is 0 Å². The molecule has 0 bridgehead atoms. The molecule has 3 rings (SSSR count). The third-order valence-corrected chi connectivity index (χ3v) is 6.35. The lowest BCUT2D eigenvalue weighted by Gasteiger charge is -2.32. The summed E-state index contributed by atoms with van der Waals surface area (Å²) in [7, 11) is -1.40. The highest BCUT2D eigenvalue weighted by atomic mass is 32.2. The Hall–Kier alpha value is -2.08. The number of pyridine rings is 1. The molecule has 0 atom stereocenters. The lowest BCUT2D eigenvalue weighted by molar-refractivity contribution is 0.426. The molecule has 1 aliphatic rings. The molecule has 0 unspecified atom stereocenters. The number of anilines is 2. The fraction of sp³-hybridized carbons (Fsp3) is 0.450. The summed E-state index contributed by atoms with van der Waals surface area (Å²) >= 11 is 0. The fourth-order valence-electron chi connectivity index (χ4n) is 3.50. The first-order chi connectivity index (χ1) is 12.4. The van der Waals surface area contributed by atoms with Gasteiger partial charge in [-0.25, -0.2) is 13.4 Å². The maximum absolute atomic E-state index is 12.4. The predicted molar refractivity (Wildman–Crippen MR) is 107 cm³/mol. The first-order valence-corrected chi connectivity index (χ1v) is 10.8. The summed E-state index contributed by atoms with van der Waals surface area (Å²) in [6, 6.07) is 11.7. The van der Waals surface area contributed by atoms with Gasteiger partial charge in [0, 0.05) is 13.1 Å². The maximum Gasteiger partial charge on any atom is 0.236 e. The van der Waals surface area contributed by atoms with Gasteiger partial charge in [-0.2, -0.15) is 0 Å². The highest BCUT2D eigenvalue weighted by Crippen LogP contribution is 2.25. The van der Waals surface area contributed by atoms with Crippen LogP contribution >= 0.6 is 0 Å². The number of aryl methyl sites for hydroxylation is 1. The SMILES string of the molecule is Cc1ccccc1CS(=O)(=O)Nc1ccc(N(C)C2CCCCC2)nc1. The van der Waals surface area contributed by atoms with Gasteiger partial charge in [-0.3, -0.25) is 4.72 Å². The summed E-state index contributed by atoms with van der Waals surface area (Å²) in [4.78, 5) is 6.67. The van der Waals surface area contributed by atoms with Crippen molar-refractivity contribution in [2.24, 2.45) is 0 Å². The highest BCUT2D eigenvalue weighted by molar-refractivity contribution is 7.91. The molecule has 6 heteroatoms. The number of hydrogen-bond donors (Lipinski definition) is 1. The van der Waals surface area contributed by atoms with E-state index in [1.54, 1.807) is 12.3 Å². The van der Waals surface area contributed by atoms with Gasteiger partial charge in [-0.1, -0.05) is 43.5 Å². The van der Waals surface area contributed by atoms with Crippen molar-refractivity contribution >= 4 is 21.5 Å². The summed E-state index contributed by atoms with van der Waals surface area (Å²) in [6.45, 7) is 1.92. The molecule has 5 nitrogen and oxygen atoms in total. The summed E-state index contributed by atoms with van der Waals surface area (Å²) in [5.41, 5.74) is 2.28. The topological polar surface area (TPSA) is 62.3 Å². The van der Waals surface area contributed by atoms with Crippen molar-refractivity contribution in [2.45, 2.75) is 50.8 Å². The van der Waals surface area contributed by atoms with Crippen molar-refractivity contribution in [3.63, 3.8) is 0 Å². The average molecular weight is 374 g/mol. The van der Waals surface area contributed by atoms with E-state index in [9.17, 15) is 8.42 Å². The van der Waals surface area contributed by atoms with Gasteiger partial charge in [0.05, 0.1) is 17.6 Å². The first-order valence-electron chi connectivity index (χ1n) is 9.18. The third kappa shape index (κ3) is 4.75. The van der Waals surface area contributed by atoms with E-state index < -0.39 is 10.0 Å². The molecule has 0 radical (unpaired) electrons. The molecule has 0 spiro atoms. The van der Waals surface area contributed by atoms with Crippen molar-refractivity contribution in [3.8, 4) is 0 Å². The van der Waals surface area contributed by atoms with Crippen LogP contribution in [0.1, 0.15) is 43.2 Å². The van der Waals surface area contributed by atoms with Gasteiger partial charge in [0.1, 0.15) is 5.82 Å². The maximum atomic E-state index is 12.4. The van der Waals surface area contributed by atoms with E-state index in [4.69, 9.17) is 0 Å². The zero-order valence-corrected chi connectivity index (χ0v) is 16.3. The zero-order chi connectivity index (χ0) is 18.6. The number of nitrogens with one attached hydrogen (secondary N) is 1. The van der Waals surface area contributed by atoms with E-state index >= 15 is 0 Å². The van der Waals surface area contributed by atoms with Crippen molar-refractivity contribution in [1.82, 2.24) is 4.98 Å². The molecule has 1 fully saturated rings. The standard InChI is InChI=1S/C20H27N3O2S/c1-16-8-6-7-9-17(16)15-26(24,25)22-18-12-13-20(21-14-18)23(2)19-10-4-3-5-11-19/h6-9,12-14,19,22H,3-5,10-11,15H2,1-2H3. The van der Waals surface area contributed by atoms with E-state index in [0.717, 1.165) is 16.9 Å². The zero-order valence-electron chi connectivity index (χ0n) is 15.5. The van der Waals surface area contributed by atoms with Gasteiger partial charge >= 0.3 is 0 Å². The van der Waals surface area contributed by atoms with Gasteiger partial charge in [0.2, 0.25) is 10.0 Å². The smallest absolute Gasteiger partial charge is 0.236 e. The van der Waals surface area contributed by atoms with Crippen molar-refractivity contribution in [1.29, 1.82) is 0 Å². The number of hydrogen-bond acceptors (Lipinski definition) is 4. The van der Waals surface area contributed by atoms with Crippen molar-refractivity contribution in [2.75, 3.05) is 16.7 Å². The predicted octanol–water partition coefficient (Wildman–Crippen LogP) is 4.10. The van der Waals surface area contributed by atoms with E-state index in [2.05, 4.69) is 21.7 Å². The Labute approximate surface area is 156 Å². The largest absolute Gasteiger partial charge is 0.357 e. The van der Waals surface area contributed by atoms with E-state index in [1.165, 1.54) is 32.1 Å². The van der Waals surface area contributed by atoms with E-state index in [0.29, 0.717) is 11.7 Å². The van der Waals surface area contributed by atoms with E-state index in [1.807, 2.05) is 37.3 Å². The molecule has 0 saturated heterocycles. The Bertz CT molecular complexity index is 828. The molecule has 1 saturated carbocycles. The Balaban J connectivity index is 1.65. The van der Waals surface area contributed by atoms with Gasteiger partial charge in [0.15, 0.2) is 0 Å². The number of sulfonamides is 1. The van der Waals surface area contributed by atoms with Crippen LogP contribution in [0.4, 0.5) is 11.5 Å². The number of benzene rings is 1. The molecule has 1 aliphatic carbocycles. The van der Waals surface area contributed by atoms with Crippen molar-refractivity contribution < 1.29 is 8.42 Å². The molecule has 1 heterocycles. The second-order valence-corrected chi connectivity index (χ2v) is 8.82. The molecule has 140 valence electrons. The normalized spacial score (nSPS) is 15.6. The number of rotatable bonds is 6. The monoisotopic (exact) mass is 373 g/mol. The summed E-state index contributed by atoms with van der Waals surface area (Å²) in [5.74, 6) is 0.849. The lowest BCUT2D eigenvalue weighted by atomic mass is 9.94. The molecule has 1 aromatic carbocycles. The van der Waals surface area contributed by atoms with Crippen LogP contribution < -0.4 is 9.62 Å². The fourth-order valence-corrected chi connectivity index (χ4v) is 4.79. The second-order valence-electron chi connectivity index (χ2n) is 7.10. The Morgan fingerprint density at radius 3 is 2.50 bits per heavy atom. The van der Waals surface area contributed by atoms with Gasteiger partial charge in [-0.05, 0) is 43.0 Å². The average Bonchev–Trinajstić information content (AvgIpc) is 2.64. The molecule has 1 aromatic heterocycles. The lowest BCUT2D eigenvalue weighted by Crippen LogP contribution is -2.33. The molecule has 2 aromatic rings. The molecule has 26 heavy (non-hydrogen) atoms. The Kier molecular flexibility index (Phi) is 5.81. The molecule has 0 amide bonds. The Morgan fingerprint density at radius 1 is 1.12 bits per heavy atom. The minimum atomic E-state index is -3.47. The van der Waals surface area contributed by atoms with Crippen LogP contribution in [0.15, 0.2) is 42.6 Å². The van der Waals surface area contributed by atoms with Gasteiger partial charge < -0.3 is 4.90 Å². The van der Waals surface area contributed by atoms with Gasteiger partial charge in [-0.15, -0.1) is 0 Å². The molecule has 0 aliphatic heterocycles. The summed E-state index contributed by atoms with van der Waals surface area (Å²) < 4.78 is 27.5. The number of aromatic nitrogens is 1. The van der Waals surface area contributed by atoms with Crippen LogP contribution in [-0.2, 0) is 15.8 Å². The molecular formula is C20H27N3O2S. The first kappa shape index (κ1) is 18.7. The summed E-state index contributed by atoms with van der Waals surface area (Å²) in [6.07, 6.45) is 7.85. The van der Waals surface area contributed by atoms with Crippen LogP contribution in [0.2, 0.25) is 0 Å². The minimum Gasteiger partial charge on any atom is -0.357 e. The third-order valence-electron chi connectivity index (χ3n) is 5.11. The van der Waals surface area contributed by atoms with Crippen LogP contribution in [0.25, 0.3) is 0 Å². The second kappa shape index (κ2) is 8.08. The minimum absolute atomic E-state index is 0.0383. The molecular weight excluding hydrogens is 346 g/mol. The Morgan fingerprint density at radius 2 is 1.85 bits per heavy atom. The van der Waals surface area contributed by atoms with Crippen LogP contribution in [0.3, 0.4) is 0 Å². The van der Waals surface area contributed by atoms with Crippen LogP contribution in [0.5, 0.6) is 0 Å². The quantitative estimate of drug-likeness (QED) is 0.828.